The molecule has 1 saturated heterocycles. The van der Waals surface area contributed by atoms with Crippen molar-refractivity contribution in [3.8, 4) is 0 Å². The molecule has 1 aliphatic heterocycles. The largest absolute Gasteiger partial charge is 0.372 e. The third kappa shape index (κ3) is 2.52. The Morgan fingerprint density at radius 3 is 2.50 bits per heavy atom. The van der Waals surface area contributed by atoms with Crippen molar-refractivity contribution in [3.63, 3.8) is 0 Å². The highest BCUT2D eigenvalue weighted by Gasteiger charge is 2.12. The highest BCUT2D eigenvalue weighted by Crippen LogP contribution is 2.27. The van der Waals surface area contributed by atoms with E-state index in [0.717, 1.165) is 18.4 Å². The van der Waals surface area contributed by atoms with Crippen LogP contribution in [0.15, 0.2) is 24.3 Å². The Morgan fingerprint density at radius 2 is 1.80 bits per heavy atom. The van der Waals surface area contributed by atoms with E-state index >= 15 is 0 Å². The van der Waals surface area contributed by atoms with Crippen LogP contribution >= 0.6 is 0 Å². The van der Waals surface area contributed by atoms with Gasteiger partial charge < -0.3 is 4.90 Å². The zero-order chi connectivity index (χ0) is 13.9. The van der Waals surface area contributed by atoms with E-state index in [1.165, 1.54) is 54.7 Å². The molecule has 0 bridgehead atoms. The topological polar surface area (TPSA) is 16.1 Å². The van der Waals surface area contributed by atoms with Crippen molar-refractivity contribution in [2.45, 2.75) is 46.0 Å². The van der Waals surface area contributed by atoms with Gasteiger partial charge in [-0.25, -0.2) is 0 Å². The maximum absolute atomic E-state index is 4.77. The van der Waals surface area contributed by atoms with Crippen LogP contribution in [0.25, 0.3) is 10.9 Å². The molecule has 0 radical (unpaired) electrons. The van der Waals surface area contributed by atoms with Gasteiger partial charge in [0.15, 0.2) is 0 Å². The summed E-state index contributed by atoms with van der Waals surface area (Å²) in [4.78, 5) is 7.29. The van der Waals surface area contributed by atoms with Gasteiger partial charge in [-0.3, -0.25) is 4.98 Å². The average molecular weight is 268 g/mol. The number of rotatable bonds is 3. The predicted molar refractivity (Wildman–Crippen MR) is 86.6 cm³/mol. The van der Waals surface area contributed by atoms with Crippen LogP contribution < -0.4 is 4.90 Å². The number of pyridine rings is 1. The third-order valence-corrected chi connectivity index (χ3v) is 4.40. The van der Waals surface area contributed by atoms with Crippen molar-refractivity contribution in [1.29, 1.82) is 0 Å². The minimum absolute atomic E-state index is 1.01. The first kappa shape index (κ1) is 13.4. The minimum atomic E-state index is 1.01. The van der Waals surface area contributed by atoms with E-state index < -0.39 is 0 Å². The number of hydrogen-bond donors (Lipinski definition) is 0. The fourth-order valence-corrected chi connectivity index (χ4v) is 3.17. The van der Waals surface area contributed by atoms with Gasteiger partial charge in [0.25, 0.3) is 0 Å². The Bertz CT molecular complexity index is 598. The second kappa shape index (κ2) is 5.82. The quantitative estimate of drug-likeness (QED) is 0.822. The van der Waals surface area contributed by atoms with Crippen molar-refractivity contribution in [2.24, 2.45) is 0 Å². The van der Waals surface area contributed by atoms with Crippen LogP contribution in [0.5, 0.6) is 0 Å². The van der Waals surface area contributed by atoms with Crippen LogP contribution in [0.3, 0.4) is 0 Å². The molecule has 0 unspecified atom stereocenters. The molecule has 0 spiro atoms. The number of benzene rings is 1. The standard InChI is InChI=1S/C18H24N2/c1-3-14-12-15(4-2)19-18-9-8-16(13-17(14)18)20-10-6-5-7-11-20/h8-9,12-13H,3-7,10-11H2,1-2H3. The van der Waals surface area contributed by atoms with E-state index in [1.807, 2.05) is 0 Å². The number of fused-ring (bicyclic) bond motifs is 1. The maximum Gasteiger partial charge on any atom is 0.0709 e. The van der Waals surface area contributed by atoms with Gasteiger partial charge in [0, 0.05) is 29.9 Å². The summed E-state index contributed by atoms with van der Waals surface area (Å²) in [5, 5.41) is 1.34. The summed E-state index contributed by atoms with van der Waals surface area (Å²) in [6, 6.07) is 9.09. The minimum Gasteiger partial charge on any atom is -0.372 e. The average Bonchev–Trinajstić information content (AvgIpc) is 2.54. The SMILES string of the molecule is CCc1cc(CC)c2cc(N3CCCCC3)ccc2n1. The number of aryl methyl sites for hydroxylation is 2. The number of piperidine rings is 1. The van der Waals surface area contributed by atoms with Gasteiger partial charge in [0.1, 0.15) is 0 Å². The fraction of sp³-hybridized carbons (Fsp3) is 0.500. The predicted octanol–water partition coefficient (Wildman–Crippen LogP) is 4.35. The first-order chi connectivity index (χ1) is 9.81. The molecule has 0 aliphatic carbocycles. The van der Waals surface area contributed by atoms with Crippen LogP contribution in [0, 0.1) is 0 Å². The second-order valence-electron chi connectivity index (χ2n) is 5.73. The van der Waals surface area contributed by atoms with Crippen LogP contribution in [-0.2, 0) is 12.8 Å². The second-order valence-corrected chi connectivity index (χ2v) is 5.73. The smallest absolute Gasteiger partial charge is 0.0709 e. The number of aromatic nitrogens is 1. The summed E-state index contributed by atoms with van der Waals surface area (Å²) in [5.41, 5.74) is 5.17. The molecule has 2 aromatic rings. The van der Waals surface area contributed by atoms with Crippen molar-refractivity contribution < 1.29 is 0 Å². The van der Waals surface area contributed by atoms with Crippen molar-refractivity contribution >= 4 is 16.6 Å². The molecule has 1 aliphatic rings. The van der Waals surface area contributed by atoms with Crippen molar-refractivity contribution in [3.05, 3.63) is 35.5 Å². The maximum atomic E-state index is 4.77. The molecule has 1 fully saturated rings. The number of hydrogen-bond acceptors (Lipinski definition) is 2. The Kier molecular flexibility index (Phi) is 3.90. The number of nitrogens with zero attached hydrogens (tertiary/aromatic N) is 2. The Morgan fingerprint density at radius 1 is 1.00 bits per heavy atom. The molecular formula is C18H24N2. The van der Waals surface area contributed by atoms with Crippen LogP contribution in [0.4, 0.5) is 5.69 Å². The molecule has 20 heavy (non-hydrogen) atoms. The molecule has 0 saturated carbocycles. The molecule has 1 aromatic carbocycles. The summed E-state index contributed by atoms with van der Waals surface area (Å²) >= 11 is 0. The lowest BCUT2D eigenvalue weighted by atomic mass is 10.0. The molecule has 2 heterocycles. The van der Waals surface area contributed by atoms with Gasteiger partial charge in [-0.2, -0.15) is 0 Å². The summed E-state index contributed by atoms with van der Waals surface area (Å²) in [7, 11) is 0. The van der Waals surface area contributed by atoms with E-state index in [0.29, 0.717) is 0 Å². The molecular weight excluding hydrogens is 244 g/mol. The van der Waals surface area contributed by atoms with Crippen LogP contribution in [-0.4, -0.2) is 18.1 Å². The first-order valence-electron chi connectivity index (χ1n) is 7.99. The van der Waals surface area contributed by atoms with Gasteiger partial charge in [-0.05, 0) is 61.9 Å². The van der Waals surface area contributed by atoms with Gasteiger partial charge in [0.2, 0.25) is 0 Å². The molecule has 1 aromatic heterocycles. The zero-order valence-electron chi connectivity index (χ0n) is 12.7. The van der Waals surface area contributed by atoms with Crippen molar-refractivity contribution in [2.75, 3.05) is 18.0 Å². The highest BCUT2D eigenvalue weighted by molar-refractivity contribution is 5.86. The lowest BCUT2D eigenvalue weighted by molar-refractivity contribution is 0.578. The summed E-state index contributed by atoms with van der Waals surface area (Å²) in [6.45, 7) is 6.82. The molecule has 0 atom stereocenters. The highest BCUT2D eigenvalue weighted by atomic mass is 15.1. The molecule has 2 nitrogen and oxygen atoms in total. The summed E-state index contributed by atoms with van der Waals surface area (Å²) in [6.07, 6.45) is 6.12. The normalized spacial score (nSPS) is 15.8. The molecule has 0 N–H and O–H groups in total. The van der Waals surface area contributed by atoms with E-state index in [4.69, 9.17) is 4.98 Å². The van der Waals surface area contributed by atoms with Crippen LogP contribution in [0.1, 0.15) is 44.4 Å². The van der Waals surface area contributed by atoms with E-state index in [2.05, 4.69) is 43.0 Å². The van der Waals surface area contributed by atoms with Gasteiger partial charge in [0.05, 0.1) is 5.52 Å². The van der Waals surface area contributed by atoms with Gasteiger partial charge >= 0.3 is 0 Å². The first-order valence-corrected chi connectivity index (χ1v) is 7.99. The lowest BCUT2D eigenvalue weighted by Crippen LogP contribution is -2.29. The van der Waals surface area contributed by atoms with Crippen molar-refractivity contribution in [1.82, 2.24) is 4.98 Å². The summed E-state index contributed by atoms with van der Waals surface area (Å²) < 4.78 is 0. The lowest BCUT2D eigenvalue weighted by Gasteiger charge is -2.29. The van der Waals surface area contributed by atoms with E-state index in [9.17, 15) is 0 Å². The Balaban J connectivity index is 2.05. The van der Waals surface area contributed by atoms with Gasteiger partial charge in [-0.1, -0.05) is 13.8 Å². The van der Waals surface area contributed by atoms with E-state index in [-0.39, 0.29) is 0 Å². The van der Waals surface area contributed by atoms with Gasteiger partial charge in [-0.15, -0.1) is 0 Å². The van der Waals surface area contributed by atoms with Crippen LogP contribution in [0.2, 0.25) is 0 Å². The fourth-order valence-electron chi connectivity index (χ4n) is 3.17. The molecule has 106 valence electrons. The van der Waals surface area contributed by atoms with E-state index in [1.54, 1.807) is 0 Å². The number of anilines is 1. The monoisotopic (exact) mass is 268 g/mol. The Hall–Kier alpha value is -1.57. The zero-order valence-corrected chi connectivity index (χ0v) is 12.7. The molecule has 3 rings (SSSR count). The summed E-state index contributed by atoms with van der Waals surface area (Å²) in [5.74, 6) is 0. The molecule has 2 heteroatoms. The third-order valence-electron chi connectivity index (χ3n) is 4.40. The Labute approximate surface area is 121 Å². The molecule has 0 amide bonds.